The molecule has 0 spiro atoms. The Morgan fingerprint density at radius 2 is 2.23 bits per heavy atom. The molecular weight excluding hydrogens is 180 g/mol. The minimum Gasteiger partial charge on any atom is -0.297 e. The van der Waals surface area contributed by atoms with Crippen LogP contribution in [-0.2, 0) is 13.0 Å². The maximum Gasteiger partial charge on any atom is 0.0927 e. The fourth-order valence-corrected chi connectivity index (χ4v) is 1.92. The normalized spacial score (nSPS) is 12.4. The summed E-state index contributed by atoms with van der Waals surface area (Å²) in [6, 6.07) is 6.36. The van der Waals surface area contributed by atoms with E-state index in [4.69, 9.17) is 5.26 Å². The molecule has 1 unspecified atom stereocenters. The second-order valence-electron chi connectivity index (χ2n) is 2.95. The summed E-state index contributed by atoms with van der Waals surface area (Å²) < 4.78 is 0. The largest absolute Gasteiger partial charge is 0.297 e. The van der Waals surface area contributed by atoms with E-state index in [0.717, 1.165) is 13.0 Å². The minimum absolute atomic E-state index is 0.0628. The number of thiophene rings is 1. The van der Waals surface area contributed by atoms with Crippen molar-refractivity contribution in [1.82, 2.24) is 5.32 Å². The molecule has 1 heterocycles. The van der Waals surface area contributed by atoms with E-state index in [1.807, 2.05) is 18.3 Å². The molecule has 0 saturated heterocycles. The Morgan fingerprint density at radius 3 is 2.77 bits per heavy atom. The molecule has 1 aromatic heterocycles. The Labute approximate surface area is 83.2 Å². The Balaban J connectivity index is 2.42. The van der Waals surface area contributed by atoms with Crippen LogP contribution >= 0.6 is 11.3 Å². The van der Waals surface area contributed by atoms with Gasteiger partial charge in [0.1, 0.15) is 0 Å². The second kappa shape index (κ2) is 5.00. The van der Waals surface area contributed by atoms with Crippen molar-refractivity contribution in [2.45, 2.75) is 32.9 Å². The molecule has 2 nitrogen and oxygen atoms in total. The number of aryl methyl sites for hydroxylation is 1. The lowest BCUT2D eigenvalue weighted by molar-refractivity contribution is 0.648. The molecule has 3 heteroatoms. The van der Waals surface area contributed by atoms with Crippen LogP contribution in [0.2, 0.25) is 0 Å². The number of hydrogen-bond donors (Lipinski definition) is 1. The van der Waals surface area contributed by atoms with Crippen LogP contribution in [0, 0.1) is 11.3 Å². The lowest BCUT2D eigenvalue weighted by Crippen LogP contribution is -2.22. The third-order valence-corrected chi connectivity index (χ3v) is 3.07. The van der Waals surface area contributed by atoms with Gasteiger partial charge in [0, 0.05) is 16.3 Å². The van der Waals surface area contributed by atoms with Gasteiger partial charge < -0.3 is 0 Å². The van der Waals surface area contributed by atoms with Crippen molar-refractivity contribution in [3.8, 4) is 6.07 Å². The number of hydrogen-bond acceptors (Lipinski definition) is 3. The van der Waals surface area contributed by atoms with Gasteiger partial charge in [0.05, 0.1) is 12.1 Å². The van der Waals surface area contributed by atoms with Crippen LogP contribution in [0.5, 0.6) is 0 Å². The fourth-order valence-electron chi connectivity index (χ4n) is 1.01. The van der Waals surface area contributed by atoms with Gasteiger partial charge >= 0.3 is 0 Å². The predicted molar refractivity (Wildman–Crippen MR) is 55.6 cm³/mol. The van der Waals surface area contributed by atoms with Crippen LogP contribution in [0.1, 0.15) is 23.6 Å². The summed E-state index contributed by atoms with van der Waals surface area (Å²) in [7, 11) is 0. The molecule has 0 aromatic carbocycles. The van der Waals surface area contributed by atoms with Gasteiger partial charge in [-0.15, -0.1) is 11.3 Å². The maximum atomic E-state index is 8.56. The zero-order valence-corrected chi connectivity index (χ0v) is 8.82. The highest BCUT2D eigenvalue weighted by Gasteiger charge is 2.00. The molecular formula is C10H14N2S. The van der Waals surface area contributed by atoms with E-state index < -0.39 is 0 Å². The SMILES string of the molecule is CCc1ccc(CNC(C)C#N)s1. The average molecular weight is 194 g/mol. The van der Waals surface area contributed by atoms with Crippen molar-refractivity contribution in [3.05, 3.63) is 21.9 Å². The summed E-state index contributed by atoms with van der Waals surface area (Å²) in [4.78, 5) is 2.71. The van der Waals surface area contributed by atoms with Gasteiger partial charge in [0.25, 0.3) is 0 Å². The van der Waals surface area contributed by atoms with Crippen LogP contribution < -0.4 is 5.32 Å². The van der Waals surface area contributed by atoms with E-state index in [9.17, 15) is 0 Å². The molecule has 1 N–H and O–H groups in total. The van der Waals surface area contributed by atoms with Gasteiger partial charge in [0.2, 0.25) is 0 Å². The molecule has 0 amide bonds. The van der Waals surface area contributed by atoms with Crippen LogP contribution in [0.15, 0.2) is 12.1 Å². The van der Waals surface area contributed by atoms with Gasteiger partial charge in [-0.2, -0.15) is 5.26 Å². The number of rotatable bonds is 4. The van der Waals surface area contributed by atoms with Crippen molar-refractivity contribution in [1.29, 1.82) is 5.26 Å². The summed E-state index contributed by atoms with van der Waals surface area (Å²) in [5.74, 6) is 0. The molecule has 1 atom stereocenters. The lowest BCUT2D eigenvalue weighted by Gasteiger charge is -2.02. The summed E-state index contributed by atoms with van der Waals surface area (Å²) >= 11 is 1.81. The van der Waals surface area contributed by atoms with Gasteiger partial charge in [-0.25, -0.2) is 0 Å². The Kier molecular flexibility index (Phi) is 3.94. The van der Waals surface area contributed by atoms with Crippen molar-refractivity contribution in [2.75, 3.05) is 0 Å². The highest BCUT2D eigenvalue weighted by Crippen LogP contribution is 2.16. The first-order valence-corrected chi connectivity index (χ1v) is 5.28. The van der Waals surface area contributed by atoms with Crippen molar-refractivity contribution >= 4 is 11.3 Å². The van der Waals surface area contributed by atoms with E-state index in [2.05, 4.69) is 30.4 Å². The Bertz CT molecular complexity index is 298. The topological polar surface area (TPSA) is 35.8 Å². The highest BCUT2D eigenvalue weighted by atomic mass is 32.1. The number of nitriles is 1. The third-order valence-electron chi connectivity index (χ3n) is 1.84. The second-order valence-corrected chi connectivity index (χ2v) is 4.21. The van der Waals surface area contributed by atoms with Crippen molar-refractivity contribution < 1.29 is 0 Å². The van der Waals surface area contributed by atoms with E-state index in [0.29, 0.717) is 0 Å². The van der Waals surface area contributed by atoms with Gasteiger partial charge in [-0.1, -0.05) is 6.92 Å². The molecule has 0 fully saturated rings. The van der Waals surface area contributed by atoms with Crippen LogP contribution in [0.3, 0.4) is 0 Å². The maximum absolute atomic E-state index is 8.56. The van der Waals surface area contributed by atoms with Gasteiger partial charge in [-0.3, -0.25) is 5.32 Å². The van der Waals surface area contributed by atoms with Crippen molar-refractivity contribution in [2.24, 2.45) is 0 Å². The standard InChI is InChI=1S/C10H14N2S/c1-3-9-4-5-10(13-9)7-12-8(2)6-11/h4-5,8,12H,3,7H2,1-2H3. The molecule has 13 heavy (non-hydrogen) atoms. The molecule has 0 saturated carbocycles. The molecule has 0 aliphatic heterocycles. The van der Waals surface area contributed by atoms with Crippen LogP contribution in [0.4, 0.5) is 0 Å². The average Bonchev–Trinajstić information content (AvgIpc) is 2.61. The smallest absolute Gasteiger partial charge is 0.0927 e. The monoisotopic (exact) mass is 194 g/mol. The van der Waals surface area contributed by atoms with Crippen LogP contribution in [-0.4, -0.2) is 6.04 Å². The highest BCUT2D eigenvalue weighted by molar-refractivity contribution is 7.11. The summed E-state index contributed by atoms with van der Waals surface area (Å²) in [5, 5.41) is 11.7. The molecule has 70 valence electrons. The first kappa shape index (κ1) is 10.2. The summed E-state index contributed by atoms with van der Waals surface area (Å²) in [6.45, 7) is 4.83. The first-order valence-electron chi connectivity index (χ1n) is 4.47. The molecule has 0 bridgehead atoms. The van der Waals surface area contributed by atoms with Crippen LogP contribution in [0.25, 0.3) is 0 Å². The van der Waals surface area contributed by atoms with Crippen molar-refractivity contribution in [3.63, 3.8) is 0 Å². The molecule has 1 aromatic rings. The third kappa shape index (κ3) is 3.17. The number of nitrogens with one attached hydrogen (secondary N) is 1. The lowest BCUT2D eigenvalue weighted by atomic mass is 10.3. The number of nitrogens with zero attached hydrogens (tertiary/aromatic N) is 1. The zero-order chi connectivity index (χ0) is 9.68. The Morgan fingerprint density at radius 1 is 1.54 bits per heavy atom. The van der Waals surface area contributed by atoms with E-state index >= 15 is 0 Å². The minimum atomic E-state index is -0.0628. The first-order chi connectivity index (χ1) is 6.26. The van der Waals surface area contributed by atoms with Gasteiger partial charge in [0.15, 0.2) is 0 Å². The summed E-state index contributed by atoms with van der Waals surface area (Å²) in [5.41, 5.74) is 0. The van der Waals surface area contributed by atoms with Gasteiger partial charge in [-0.05, 0) is 25.5 Å². The molecule has 0 aliphatic carbocycles. The predicted octanol–water partition coefficient (Wildman–Crippen LogP) is 2.31. The Hall–Kier alpha value is -0.850. The van der Waals surface area contributed by atoms with E-state index in [1.54, 1.807) is 0 Å². The zero-order valence-electron chi connectivity index (χ0n) is 8.00. The molecule has 1 rings (SSSR count). The van der Waals surface area contributed by atoms with E-state index in [1.165, 1.54) is 9.75 Å². The summed E-state index contributed by atoms with van der Waals surface area (Å²) in [6.07, 6.45) is 1.10. The molecule has 0 aliphatic rings. The van der Waals surface area contributed by atoms with E-state index in [-0.39, 0.29) is 6.04 Å². The molecule has 0 radical (unpaired) electrons. The quantitative estimate of drug-likeness (QED) is 0.798. The fraction of sp³-hybridized carbons (Fsp3) is 0.500.